The average Bonchev–Trinajstić information content (AvgIpc) is 3.15. The molecule has 0 radical (unpaired) electrons. The van der Waals surface area contributed by atoms with E-state index in [0.29, 0.717) is 5.92 Å². The third-order valence-corrected chi connectivity index (χ3v) is 5.57. The third-order valence-electron chi connectivity index (χ3n) is 5.57. The van der Waals surface area contributed by atoms with Gasteiger partial charge in [-0.2, -0.15) is 13.2 Å². The molecule has 1 aliphatic heterocycles. The quantitative estimate of drug-likeness (QED) is 0.617. The number of fused-ring (bicyclic) bond motifs is 1. The molecule has 0 unspecified atom stereocenters. The molecule has 1 aliphatic rings. The van der Waals surface area contributed by atoms with Crippen molar-refractivity contribution in [3.8, 4) is 11.3 Å². The Kier molecular flexibility index (Phi) is 7.50. The second-order valence-electron chi connectivity index (χ2n) is 7.90. The van der Waals surface area contributed by atoms with Crippen LogP contribution in [0.1, 0.15) is 37.8 Å². The smallest absolute Gasteiger partial charge is 0.475 e. The number of rotatable bonds is 4. The van der Waals surface area contributed by atoms with E-state index in [0.717, 1.165) is 16.8 Å². The maximum absolute atomic E-state index is 10.6. The average molecular weight is 448 g/mol. The van der Waals surface area contributed by atoms with Gasteiger partial charge in [-0.1, -0.05) is 37.3 Å². The first-order chi connectivity index (χ1) is 15.2. The van der Waals surface area contributed by atoms with Crippen LogP contribution in [-0.4, -0.2) is 56.3 Å². The molecule has 0 saturated carbocycles. The van der Waals surface area contributed by atoms with Gasteiger partial charge < -0.3 is 14.6 Å². The summed E-state index contributed by atoms with van der Waals surface area (Å²) in [6.45, 7) is 5.85. The first kappa shape index (κ1) is 23.7. The van der Waals surface area contributed by atoms with Crippen LogP contribution < -0.4 is 0 Å². The number of piperidine rings is 1. The van der Waals surface area contributed by atoms with Gasteiger partial charge in [-0.25, -0.2) is 9.78 Å². The molecular formula is C23H27F3N4O2. The molecule has 2 aromatic heterocycles. The summed E-state index contributed by atoms with van der Waals surface area (Å²) in [6.07, 6.45) is 0.448. The van der Waals surface area contributed by atoms with Crippen molar-refractivity contribution >= 4 is 17.0 Å². The molecule has 1 N–H and O–H groups in total. The van der Waals surface area contributed by atoms with Crippen LogP contribution >= 0.6 is 0 Å². The van der Waals surface area contributed by atoms with E-state index >= 15 is 0 Å². The number of imidazole rings is 1. The van der Waals surface area contributed by atoms with Crippen LogP contribution in [0.2, 0.25) is 0 Å². The molecule has 9 heteroatoms. The number of hydrogen-bond donors (Lipinski definition) is 1. The zero-order chi connectivity index (χ0) is 23.3. The lowest BCUT2D eigenvalue weighted by atomic mass is 9.92. The van der Waals surface area contributed by atoms with Gasteiger partial charge >= 0.3 is 12.1 Å². The van der Waals surface area contributed by atoms with E-state index in [1.165, 1.54) is 50.1 Å². The van der Waals surface area contributed by atoms with Gasteiger partial charge in [0.05, 0.1) is 17.5 Å². The van der Waals surface area contributed by atoms with E-state index in [1.807, 2.05) is 12.4 Å². The van der Waals surface area contributed by atoms with Gasteiger partial charge in [-0.05, 0) is 45.0 Å². The molecule has 3 heterocycles. The van der Waals surface area contributed by atoms with Crippen molar-refractivity contribution in [1.82, 2.24) is 19.4 Å². The summed E-state index contributed by atoms with van der Waals surface area (Å²) in [6, 6.07) is 12.7. The van der Waals surface area contributed by atoms with Crippen LogP contribution in [0.15, 0.2) is 42.7 Å². The Balaban J connectivity index is 0.000000360. The fourth-order valence-corrected chi connectivity index (χ4v) is 3.92. The summed E-state index contributed by atoms with van der Waals surface area (Å²) in [7, 11) is 2.07. The second-order valence-corrected chi connectivity index (χ2v) is 7.90. The van der Waals surface area contributed by atoms with Gasteiger partial charge in [0.15, 0.2) is 0 Å². The highest BCUT2D eigenvalue weighted by Gasteiger charge is 2.38. The first-order valence-electron chi connectivity index (χ1n) is 10.6. The standard InChI is InChI=1S/C21H26N4.C2HF3O2/c1-3-11-25-12-9-16(10-13-25)18-14-19-21(22-15-24(19)2)20(23-18)17-7-5-4-6-8-17;3-2(4,5)1(6)7/h4-8,14-16H,3,9-13H2,1-2H3;(H,6,7). The molecule has 32 heavy (non-hydrogen) atoms. The van der Waals surface area contributed by atoms with E-state index in [9.17, 15) is 13.2 Å². The molecule has 0 aliphatic carbocycles. The third kappa shape index (κ3) is 5.64. The summed E-state index contributed by atoms with van der Waals surface area (Å²) >= 11 is 0. The van der Waals surface area contributed by atoms with E-state index in [-0.39, 0.29) is 0 Å². The van der Waals surface area contributed by atoms with E-state index in [1.54, 1.807) is 0 Å². The number of alkyl halides is 3. The van der Waals surface area contributed by atoms with Crippen LogP contribution in [0.3, 0.4) is 0 Å². The maximum atomic E-state index is 10.6. The molecule has 3 aromatic rings. The monoisotopic (exact) mass is 448 g/mol. The lowest BCUT2D eigenvalue weighted by Crippen LogP contribution is -2.33. The molecular weight excluding hydrogens is 421 g/mol. The van der Waals surface area contributed by atoms with E-state index in [4.69, 9.17) is 14.9 Å². The van der Waals surface area contributed by atoms with Crippen molar-refractivity contribution in [3.05, 3.63) is 48.4 Å². The predicted molar refractivity (Wildman–Crippen MR) is 116 cm³/mol. The van der Waals surface area contributed by atoms with Gasteiger partial charge in [0.1, 0.15) is 5.52 Å². The summed E-state index contributed by atoms with van der Waals surface area (Å²) in [5.41, 5.74) is 5.58. The van der Waals surface area contributed by atoms with Crippen LogP contribution in [0, 0.1) is 0 Å². The summed E-state index contributed by atoms with van der Waals surface area (Å²) < 4.78 is 33.8. The molecule has 0 spiro atoms. The number of aryl methyl sites for hydroxylation is 1. The molecule has 0 atom stereocenters. The summed E-state index contributed by atoms with van der Waals surface area (Å²) in [5.74, 6) is -2.21. The number of carboxylic acids is 1. The second kappa shape index (κ2) is 10.1. The normalized spacial score (nSPS) is 15.4. The Labute approximate surface area is 184 Å². The minimum absolute atomic E-state index is 0.551. The SMILES string of the molecule is CCCN1CCC(c2cc3c(ncn3C)c(-c3ccccc3)n2)CC1.O=C(O)C(F)(F)F. The van der Waals surface area contributed by atoms with Gasteiger partial charge in [0.25, 0.3) is 0 Å². The Hall–Kier alpha value is -2.94. The van der Waals surface area contributed by atoms with Crippen molar-refractivity contribution in [2.75, 3.05) is 19.6 Å². The van der Waals surface area contributed by atoms with Crippen molar-refractivity contribution in [2.24, 2.45) is 7.05 Å². The number of aromatic nitrogens is 3. The Morgan fingerprint density at radius 1 is 1.19 bits per heavy atom. The van der Waals surface area contributed by atoms with Crippen molar-refractivity contribution < 1.29 is 23.1 Å². The number of nitrogens with zero attached hydrogens (tertiary/aromatic N) is 4. The number of hydrogen-bond acceptors (Lipinski definition) is 4. The Bertz CT molecular complexity index is 1040. The zero-order valence-electron chi connectivity index (χ0n) is 18.1. The van der Waals surface area contributed by atoms with E-state index < -0.39 is 12.1 Å². The largest absolute Gasteiger partial charge is 0.490 e. The fraction of sp³-hybridized carbons (Fsp3) is 0.435. The highest BCUT2D eigenvalue weighted by molar-refractivity contribution is 5.90. The molecule has 1 fully saturated rings. The van der Waals surface area contributed by atoms with Gasteiger partial charge in [-0.3, -0.25) is 4.98 Å². The molecule has 0 amide bonds. The van der Waals surface area contributed by atoms with Crippen LogP contribution in [-0.2, 0) is 11.8 Å². The number of carboxylic acid groups (broad SMARTS) is 1. The van der Waals surface area contributed by atoms with Gasteiger partial charge in [0.2, 0.25) is 0 Å². The predicted octanol–water partition coefficient (Wildman–Crippen LogP) is 4.86. The number of carbonyl (C=O) groups is 1. The number of benzene rings is 1. The lowest BCUT2D eigenvalue weighted by molar-refractivity contribution is -0.192. The van der Waals surface area contributed by atoms with Gasteiger partial charge in [-0.15, -0.1) is 0 Å². The number of aliphatic carboxylic acids is 1. The number of pyridine rings is 1. The highest BCUT2D eigenvalue weighted by atomic mass is 19.4. The highest BCUT2D eigenvalue weighted by Crippen LogP contribution is 2.32. The molecule has 0 bridgehead atoms. The Morgan fingerprint density at radius 2 is 1.81 bits per heavy atom. The summed E-state index contributed by atoms with van der Waals surface area (Å²) in [4.78, 5) is 21.2. The lowest BCUT2D eigenvalue weighted by Gasteiger charge is -2.31. The maximum Gasteiger partial charge on any atom is 0.490 e. The minimum Gasteiger partial charge on any atom is -0.475 e. The van der Waals surface area contributed by atoms with Gasteiger partial charge in [0, 0.05) is 24.2 Å². The zero-order valence-corrected chi connectivity index (χ0v) is 18.1. The first-order valence-corrected chi connectivity index (χ1v) is 10.6. The fourth-order valence-electron chi connectivity index (χ4n) is 3.92. The molecule has 4 rings (SSSR count). The number of halogens is 3. The van der Waals surface area contributed by atoms with Crippen LogP contribution in [0.5, 0.6) is 0 Å². The van der Waals surface area contributed by atoms with Crippen molar-refractivity contribution in [2.45, 2.75) is 38.3 Å². The summed E-state index contributed by atoms with van der Waals surface area (Å²) in [5, 5.41) is 7.12. The Morgan fingerprint density at radius 3 is 2.38 bits per heavy atom. The molecule has 1 aromatic carbocycles. The van der Waals surface area contributed by atoms with Crippen molar-refractivity contribution in [3.63, 3.8) is 0 Å². The molecule has 6 nitrogen and oxygen atoms in total. The topological polar surface area (TPSA) is 71.2 Å². The molecule has 1 saturated heterocycles. The minimum atomic E-state index is -5.08. The molecule has 172 valence electrons. The van der Waals surface area contributed by atoms with Crippen LogP contribution in [0.4, 0.5) is 13.2 Å². The number of likely N-dealkylation sites (tertiary alicyclic amines) is 1. The van der Waals surface area contributed by atoms with Crippen molar-refractivity contribution in [1.29, 1.82) is 0 Å². The van der Waals surface area contributed by atoms with Crippen LogP contribution in [0.25, 0.3) is 22.3 Å². The van der Waals surface area contributed by atoms with E-state index in [2.05, 4.69) is 58.8 Å².